The Morgan fingerprint density at radius 1 is 1.28 bits per heavy atom. The number of rotatable bonds is 8. The molecule has 1 saturated carbocycles. The molecule has 0 bridgehead atoms. The highest BCUT2D eigenvalue weighted by Crippen LogP contribution is 2.38. The second-order valence-corrected chi connectivity index (χ2v) is 7.48. The van der Waals surface area contributed by atoms with Gasteiger partial charge >= 0.3 is 5.97 Å². The molecular weight excluding hydrogens is 364 g/mol. The molecule has 142 valence electrons. The monoisotopic (exact) mass is 390 g/mol. The SMILES string of the molecule is COC(=O)CCCc1nnc(NC(=O)CC2(CN)CCCCC2)s1.Cl. The third-order valence-electron chi connectivity index (χ3n) is 4.60. The summed E-state index contributed by atoms with van der Waals surface area (Å²) in [4.78, 5) is 23.4. The summed E-state index contributed by atoms with van der Waals surface area (Å²) in [7, 11) is 1.38. The van der Waals surface area contributed by atoms with Crippen molar-refractivity contribution in [3.8, 4) is 0 Å². The summed E-state index contributed by atoms with van der Waals surface area (Å²) in [5.74, 6) is -0.271. The maximum absolute atomic E-state index is 12.3. The van der Waals surface area contributed by atoms with Gasteiger partial charge in [-0.3, -0.25) is 9.59 Å². The summed E-state index contributed by atoms with van der Waals surface area (Å²) in [6.45, 7) is 0.551. The van der Waals surface area contributed by atoms with Crippen LogP contribution in [-0.4, -0.2) is 35.7 Å². The molecule has 0 aromatic carbocycles. The number of carbonyl (C=O) groups is 2. The Hall–Kier alpha value is -1.25. The standard InChI is InChI=1S/C16H26N4O3S.ClH/c1-23-14(22)7-5-6-13-19-20-15(24-13)18-12(21)10-16(11-17)8-3-2-4-9-16;/h2-11,17H2,1H3,(H,18,20,21);1H. The first-order valence-corrected chi connectivity index (χ1v) is 9.28. The van der Waals surface area contributed by atoms with Crippen molar-refractivity contribution in [3.05, 3.63) is 5.01 Å². The minimum absolute atomic E-state index is 0. The average molecular weight is 391 g/mol. The van der Waals surface area contributed by atoms with Gasteiger partial charge in [-0.1, -0.05) is 30.6 Å². The van der Waals surface area contributed by atoms with Gasteiger partial charge in [0.15, 0.2) is 0 Å². The van der Waals surface area contributed by atoms with E-state index < -0.39 is 0 Å². The summed E-state index contributed by atoms with van der Waals surface area (Å²) < 4.78 is 4.60. The molecule has 25 heavy (non-hydrogen) atoms. The molecule has 1 aromatic rings. The molecule has 7 nitrogen and oxygen atoms in total. The Bertz CT molecular complexity index is 561. The normalized spacial score (nSPS) is 15.9. The van der Waals surface area contributed by atoms with Crippen LogP contribution in [0.1, 0.15) is 56.4 Å². The van der Waals surface area contributed by atoms with Crippen molar-refractivity contribution < 1.29 is 14.3 Å². The van der Waals surface area contributed by atoms with Crippen molar-refractivity contribution in [2.75, 3.05) is 19.0 Å². The number of aromatic nitrogens is 2. The predicted octanol–water partition coefficient (Wildman–Crippen LogP) is 2.69. The number of methoxy groups -OCH3 is 1. The highest BCUT2D eigenvalue weighted by molar-refractivity contribution is 7.15. The van der Waals surface area contributed by atoms with Crippen LogP contribution in [0, 0.1) is 5.41 Å². The van der Waals surface area contributed by atoms with Crippen molar-refractivity contribution in [1.82, 2.24) is 10.2 Å². The number of anilines is 1. The Kier molecular flexibility index (Phi) is 9.31. The molecule has 3 N–H and O–H groups in total. The number of aryl methyl sites for hydroxylation is 1. The molecule has 2 rings (SSSR count). The van der Waals surface area contributed by atoms with Crippen LogP contribution in [0.15, 0.2) is 0 Å². The van der Waals surface area contributed by atoms with Crippen molar-refractivity contribution in [3.63, 3.8) is 0 Å². The zero-order valence-electron chi connectivity index (χ0n) is 14.6. The summed E-state index contributed by atoms with van der Waals surface area (Å²) in [6, 6.07) is 0. The number of hydrogen-bond acceptors (Lipinski definition) is 7. The van der Waals surface area contributed by atoms with Crippen LogP contribution in [-0.2, 0) is 20.7 Å². The molecule has 1 heterocycles. The van der Waals surface area contributed by atoms with E-state index in [0.717, 1.165) is 30.7 Å². The van der Waals surface area contributed by atoms with E-state index in [0.29, 0.717) is 37.4 Å². The summed E-state index contributed by atoms with van der Waals surface area (Å²) in [6.07, 6.45) is 7.67. The van der Waals surface area contributed by atoms with Gasteiger partial charge in [-0.15, -0.1) is 22.6 Å². The van der Waals surface area contributed by atoms with E-state index in [2.05, 4.69) is 20.3 Å². The van der Waals surface area contributed by atoms with Crippen LogP contribution in [0.3, 0.4) is 0 Å². The number of ether oxygens (including phenoxy) is 1. The third-order valence-corrected chi connectivity index (χ3v) is 5.49. The van der Waals surface area contributed by atoms with Crippen LogP contribution >= 0.6 is 23.7 Å². The number of amides is 1. The topological polar surface area (TPSA) is 107 Å². The van der Waals surface area contributed by atoms with Gasteiger partial charge in [0, 0.05) is 19.3 Å². The first kappa shape index (κ1) is 21.8. The molecule has 0 spiro atoms. The van der Waals surface area contributed by atoms with Crippen LogP contribution in [0.5, 0.6) is 0 Å². The first-order chi connectivity index (χ1) is 11.6. The average Bonchev–Trinajstić information content (AvgIpc) is 3.02. The van der Waals surface area contributed by atoms with Crippen LogP contribution in [0.4, 0.5) is 5.13 Å². The number of esters is 1. The van der Waals surface area contributed by atoms with Crippen molar-refractivity contribution in [2.45, 2.75) is 57.8 Å². The van der Waals surface area contributed by atoms with Gasteiger partial charge in [-0.05, 0) is 31.2 Å². The van der Waals surface area contributed by atoms with Gasteiger partial charge in [0.1, 0.15) is 5.01 Å². The van der Waals surface area contributed by atoms with Gasteiger partial charge in [0.2, 0.25) is 11.0 Å². The Labute approximate surface area is 158 Å². The van der Waals surface area contributed by atoms with Crippen LogP contribution in [0.25, 0.3) is 0 Å². The minimum Gasteiger partial charge on any atom is -0.469 e. The number of hydrogen-bond donors (Lipinski definition) is 2. The molecule has 0 unspecified atom stereocenters. The van der Waals surface area contributed by atoms with Crippen LogP contribution < -0.4 is 11.1 Å². The largest absolute Gasteiger partial charge is 0.469 e. The second-order valence-electron chi connectivity index (χ2n) is 6.42. The summed E-state index contributed by atoms with van der Waals surface area (Å²) >= 11 is 1.35. The van der Waals surface area contributed by atoms with Crippen molar-refractivity contribution >= 4 is 40.8 Å². The summed E-state index contributed by atoms with van der Waals surface area (Å²) in [5, 5.41) is 12.2. The van der Waals surface area contributed by atoms with Gasteiger partial charge in [-0.25, -0.2) is 0 Å². The van der Waals surface area contributed by atoms with E-state index in [4.69, 9.17) is 5.73 Å². The van der Waals surface area contributed by atoms with E-state index in [9.17, 15) is 9.59 Å². The lowest BCUT2D eigenvalue weighted by molar-refractivity contribution is -0.140. The quantitative estimate of drug-likeness (QED) is 0.661. The maximum atomic E-state index is 12.3. The van der Waals surface area contributed by atoms with Crippen molar-refractivity contribution in [2.24, 2.45) is 11.1 Å². The molecule has 0 saturated heterocycles. The highest BCUT2D eigenvalue weighted by Gasteiger charge is 2.33. The van der Waals surface area contributed by atoms with Gasteiger partial charge in [0.25, 0.3) is 0 Å². The van der Waals surface area contributed by atoms with E-state index in [-0.39, 0.29) is 29.7 Å². The van der Waals surface area contributed by atoms with Gasteiger partial charge in [-0.2, -0.15) is 0 Å². The molecule has 0 aliphatic heterocycles. The number of carbonyl (C=O) groups excluding carboxylic acids is 2. The minimum atomic E-state index is -0.229. The fourth-order valence-electron chi connectivity index (χ4n) is 3.15. The smallest absolute Gasteiger partial charge is 0.305 e. The molecule has 9 heteroatoms. The molecule has 1 aliphatic carbocycles. The molecule has 1 aromatic heterocycles. The highest BCUT2D eigenvalue weighted by atomic mass is 35.5. The number of halogens is 1. The molecule has 0 atom stereocenters. The van der Waals surface area contributed by atoms with E-state index >= 15 is 0 Å². The van der Waals surface area contributed by atoms with Gasteiger partial charge in [0.05, 0.1) is 7.11 Å². The molecule has 1 aliphatic rings. The summed E-state index contributed by atoms with van der Waals surface area (Å²) in [5.41, 5.74) is 5.87. The fraction of sp³-hybridized carbons (Fsp3) is 0.750. The lowest BCUT2D eigenvalue weighted by Crippen LogP contribution is -2.36. The maximum Gasteiger partial charge on any atom is 0.305 e. The molecule has 0 radical (unpaired) electrons. The Balaban J connectivity index is 0.00000312. The van der Waals surface area contributed by atoms with Gasteiger partial charge < -0.3 is 15.8 Å². The lowest BCUT2D eigenvalue weighted by atomic mass is 9.72. The predicted molar refractivity (Wildman–Crippen MR) is 99.9 cm³/mol. The van der Waals surface area contributed by atoms with Crippen molar-refractivity contribution in [1.29, 1.82) is 0 Å². The Morgan fingerprint density at radius 2 is 2.00 bits per heavy atom. The first-order valence-electron chi connectivity index (χ1n) is 8.46. The zero-order chi connectivity index (χ0) is 17.4. The molecule has 1 amide bonds. The van der Waals surface area contributed by atoms with Crippen LogP contribution in [0.2, 0.25) is 0 Å². The lowest BCUT2D eigenvalue weighted by Gasteiger charge is -2.35. The van der Waals surface area contributed by atoms with E-state index in [1.807, 2.05) is 0 Å². The number of nitrogens with zero attached hydrogens (tertiary/aromatic N) is 2. The number of nitrogens with one attached hydrogen (secondary N) is 1. The zero-order valence-corrected chi connectivity index (χ0v) is 16.2. The third kappa shape index (κ3) is 6.87. The van der Waals surface area contributed by atoms with E-state index in [1.165, 1.54) is 24.9 Å². The molecular formula is C16H27ClN4O3S. The fourth-order valence-corrected chi connectivity index (χ4v) is 3.95. The number of nitrogens with two attached hydrogens (primary N) is 1. The van der Waals surface area contributed by atoms with E-state index in [1.54, 1.807) is 0 Å². The molecule has 1 fully saturated rings. The second kappa shape index (κ2) is 10.7. The Morgan fingerprint density at radius 3 is 2.64 bits per heavy atom.